The van der Waals surface area contributed by atoms with E-state index in [0.29, 0.717) is 22.1 Å². The third kappa shape index (κ3) is 1.95. The van der Waals surface area contributed by atoms with E-state index in [1.54, 1.807) is 0 Å². The van der Waals surface area contributed by atoms with Gasteiger partial charge in [0.2, 0.25) is 0 Å². The Bertz CT molecular complexity index is 565. The lowest BCUT2D eigenvalue weighted by molar-refractivity contribution is 0.550. The molecule has 3 rings (SSSR count). The van der Waals surface area contributed by atoms with Crippen LogP contribution in [-0.2, 0) is 12.8 Å². The predicted molar refractivity (Wildman–Crippen MR) is 68.5 cm³/mol. The third-order valence-electron chi connectivity index (χ3n) is 3.01. The number of hydrogen-bond acceptors (Lipinski definition) is 4. The molecule has 0 bridgehead atoms. The van der Waals surface area contributed by atoms with Gasteiger partial charge in [-0.1, -0.05) is 0 Å². The highest BCUT2D eigenvalue weighted by Gasteiger charge is 2.17. The molecule has 2 N–H and O–H groups in total. The van der Waals surface area contributed by atoms with Gasteiger partial charge in [0, 0.05) is 11.3 Å². The molecular formula is C12H12BrN3O. The summed E-state index contributed by atoms with van der Waals surface area (Å²) in [7, 11) is 0. The first kappa shape index (κ1) is 10.8. The fraction of sp³-hybridized carbons (Fsp3) is 0.333. The zero-order valence-corrected chi connectivity index (χ0v) is 10.8. The van der Waals surface area contributed by atoms with Crippen LogP contribution >= 0.6 is 15.9 Å². The summed E-state index contributed by atoms with van der Waals surface area (Å²) in [6, 6.07) is 3.67. The Kier molecular flexibility index (Phi) is 2.63. The molecule has 0 amide bonds. The molecule has 2 heterocycles. The van der Waals surface area contributed by atoms with E-state index in [2.05, 4.69) is 25.9 Å². The van der Waals surface area contributed by atoms with Crippen LogP contribution in [0.3, 0.4) is 0 Å². The number of aromatic nitrogens is 2. The number of halogens is 1. The van der Waals surface area contributed by atoms with Gasteiger partial charge in [0.25, 0.3) is 0 Å². The van der Waals surface area contributed by atoms with E-state index in [0.717, 1.165) is 24.1 Å². The zero-order chi connectivity index (χ0) is 11.8. The summed E-state index contributed by atoms with van der Waals surface area (Å²) in [4.78, 5) is 8.87. The van der Waals surface area contributed by atoms with Gasteiger partial charge in [-0.15, -0.1) is 0 Å². The quantitative estimate of drug-likeness (QED) is 0.878. The lowest BCUT2D eigenvalue weighted by atomic mass is 9.96. The summed E-state index contributed by atoms with van der Waals surface area (Å²) in [5.74, 6) is 1.82. The molecule has 2 aromatic rings. The summed E-state index contributed by atoms with van der Waals surface area (Å²) in [5, 5.41) is 0. The minimum absolute atomic E-state index is 0.578. The van der Waals surface area contributed by atoms with Gasteiger partial charge >= 0.3 is 0 Å². The van der Waals surface area contributed by atoms with Crippen LogP contribution in [0.5, 0.6) is 0 Å². The first-order valence-electron chi connectivity index (χ1n) is 5.65. The van der Waals surface area contributed by atoms with Crippen molar-refractivity contribution in [2.75, 3.05) is 5.73 Å². The molecule has 1 aliphatic carbocycles. The van der Waals surface area contributed by atoms with E-state index >= 15 is 0 Å². The van der Waals surface area contributed by atoms with Gasteiger partial charge < -0.3 is 10.2 Å². The number of hydrogen-bond donors (Lipinski definition) is 1. The van der Waals surface area contributed by atoms with Gasteiger partial charge in [0.15, 0.2) is 16.3 Å². The Morgan fingerprint density at radius 3 is 2.76 bits per heavy atom. The van der Waals surface area contributed by atoms with Gasteiger partial charge in [-0.2, -0.15) is 0 Å². The van der Waals surface area contributed by atoms with Crippen LogP contribution in [0, 0.1) is 0 Å². The molecule has 0 atom stereocenters. The molecule has 5 heteroatoms. The lowest BCUT2D eigenvalue weighted by Gasteiger charge is -2.16. The highest BCUT2D eigenvalue weighted by molar-refractivity contribution is 9.10. The predicted octanol–water partition coefficient (Wildman–Crippen LogP) is 2.96. The Balaban J connectivity index is 2.10. The number of furan rings is 1. The maximum Gasteiger partial charge on any atom is 0.197 e. The molecule has 0 spiro atoms. The number of anilines is 1. The van der Waals surface area contributed by atoms with Crippen LogP contribution in [0.15, 0.2) is 21.2 Å². The number of nitrogens with two attached hydrogens (primary N) is 1. The summed E-state index contributed by atoms with van der Waals surface area (Å²) in [6.07, 6.45) is 4.32. The topological polar surface area (TPSA) is 64.9 Å². The molecule has 17 heavy (non-hydrogen) atoms. The number of fused-ring (bicyclic) bond motifs is 1. The standard InChI is InChI=1S/C12H12BrN3O/c13-10-6-5-9(17-10)12-15-8-4-2-1-3-7(8)11(14)16-12/h5-6H,1-4H2,(H2,14,15,16). The minimum Gasteiger partial charge on any atom is -0.446 e. The molecule has 0 radical (unpaired) electrons. The van der Waals surface area contributed by atoms with Crippen molar-refractivity contribution in [1.29, 1.82) is 0 Å². The van der Waals surface area contributed by atoms with Crippen molar-refractivity contribution in [3.05, 3.63) is 28.1 Å². The van der Waals surface area contributed by atoms with Crippen molar-refractivity contribution >= 4 is 21.7 Å². The van der Waals surface area contributed by atoms with Crippen LogP contribution in [-0.4, -0.2) is 9.97 Å². The van der Waals surface area contributed by atoms with E-state index in [4.69, 9.17) is 10.2 Å². The second-order valence-electron chi connectivity index (χ2n) is 4.17. The molecule has 0 fully saturated rings. The van der Waals surface area contributed by atoms with Crippen molar-refractivity contribution in [2.45, 2.75) is 25.7 Å². The maximum absolute atomic E-state index is 5.98. The molecule has 2 aromatic heterocycles. The average molecular weight is 294 g/mol. The second-order valence-corrected chi connectivity index (χ2v) is 4.95. The highest BCUT2D eigenvalue weighted by atomic mass is 79.9. The summed E-state index contributed by atoms with van der Waals surface area (Å²) in [5.41, 5.74) is 8.17. The number of nitrogens with zero attached hydrogens (tertiary/aromatic N) is 2. The number of nitrogen functional groups attached to an aromatic ring is 1. The number of aryl methyl sites for hydroxylation is 1. The zero-order valence-electron chi connectivity index (χ0n) is 9.24. The van der Waals surface area contributed by atoms with Gasteiger partial charge in [0.05, 0.1) is 0 Å². The van der Waals surface area contributed by atoms with E-state index in [1.807, 2.05) is 12.1 Å². The molecule has 1 aliphatic rings. The van der Waals surface area contributed by atoms with Crippen LogP contribution in [0.4, 0.5) is 5.82 Å². The largest absolute Gasteiger partial charge is 0.446 e. The molecule has 0 aliphatic heterocycles. The van der Waals surface area contributed by atoms with Gasteiger partial charge in [-0.3, -0.25) is 0 Å². The van der Waals surface area contributed by atoms with Gasteiger partial charge in [0.1, 0.15) is 5.82 Å². The molecule has 0 saturated carbocycles. The van der Waals surface area contributed by atoms with Crippen LogP contribution in [0.1, 0.15) is 24.1 Å². The molecule has 0 unspecified atom stereocenters. The molecule has 0 saturated heterocycles. The smallest absolute Gasteiger partial charge is 0.197 e. The molecule has 0 aromatic carbocycles. The number of rotatable bonds is 1. The summed E-state index contributed by atoms with van der Waals surface area (Å²) in [6.45, 7) is 0. The fourth-order valence-corrected chi connectivity index (χ4v) is 2.47. The Labute approximate surface area is 107 Å². The first-order valence-corrected chi connectivity index (χ1v) is 6.44. The Morgan fingerprint density at radius 2 is 2.00 bits per heavy atom. The Morgan fingerprint density at radius 1 is 1.18 bits per heavy atom. The molecule has 4 nitrogen and oxygen atoms in total. The van der Waals surface area contributed by atoms with E-state index < -0.39 is 0 Å². The second kappa shape index (κ2) is 4.14. The van der Waals surface area contributed by atoms with Crippen molar-refractivity contribution in [3.63, 3.8) is 0 Å². The van der Waals surface area contributed by atoms with Crippen molar-refractivity contribution < 1.29 is 4.42 Å². The van der Waals surface area contributed by atoms with E-state index in [1.165, 1.54) is 12.8 Å². The normalized spacial score (nSPS) is 14.6. The van der Waals surface area contributed by atoms with Crippen molar-refractivity contribution in [2.24, 2.45) is 0 Å². The fourth-order valence-electron chi connectivity index (χ4n) is 2.17. The monoisotopic (exact) mass is 293 g/mol. The minimum atomic E-state index is 0.578. The summed E-state index contributed by atoms with van der Waals surface area (Å²) < 4.78 is 6.13. The molecular weight excluding hydrogens is 282 g/mol. The third-order valence-corrected chi connectivity index (χ3v) is 3.43. The van der Waals surface area contributed by atoms with Crippen LogP contribution in [0.25, 0.3) is 11.6 Å². The Hall–Kier alpha value is -1.36. The summed E-state index contributed by atoms with van der Waals surface area (Å²) >= 11 is 3.27. The van der Waals surface area contributed by atoms with E-state index in [9.17, 15) is 0 Å². The van der Waals surface area contributed by atoms with Crippen molar-refractivity contribution in [3.8, 4) is 11.6 Å². The SMILES string of the molecule is Nc1nc(-c2ccc(Br)o2)nc2c1CCCC2. The van der Waals surface area contributed by atoms with Gasteiger partial charge in [-0.05, 0) is 53.7 Å². The first-order chi connectivity index (χ1) is 8.24. The van der Waals surface area contributed by atoms with Crippen molar-refractivity contribution in [1.82, 2.24) is 9.97 Å². The lowest BCUT2D eigenvalue weighted by Crippen LogP contribution is -2.11. The van der Waals surface area contributed by atoms with E-state index in [-0.39, 0.29) is 0 Å². The van der Waals surface area contributed by atoms with Gasteiger partial charge in [-0.25, -0.2) is 9.97 Å². The average Bonchev–Trinajstić information content (AvgIpc) is 2.76. The van der Waals surface area contributed by atoms with Crippen LogP contribution in [0.2, 0.25) is 0 Å². The highest BCUT2D eigenvalue weighted by Crippen LogP contribution is 2.28. The maximum atomic E-state index is 5.98. The molecule has 88 valence electrons. The van der Waals surface area contributed by atoms with Crippen LogP contribution < -0.4 is 5.73 Å².